The van der Waals surface area contributed by atoms with Gasteiger partial charge in [0.05, 0.1) is 12.7 Å². The molecule has 0 aromatic heterocycles. The molecule has 0 heterocycles. The summed E-state index contributed by atoms with van der Waals surface area (Å²) in [5.74, 6) is 0.223. The van der Waals surface area contributed by atoms with Gasteiger partial charge in [-0.1, -0.05) is 15.9 Å². The molecular formula is C12H13BrFNO. The van der Waals surface area contributed by atoms with Crippen LogP contribution >= 0.6 is 15.9 Å². The zero-order valence-corrected chi connectivity index (χ0v) is 10.5. The molecule has 0 bridgehead atoms. The lowest BCUT2D eigenvalue weighted by atomic mass is 10.2. The Hall–Kier alpha value is -1.08. The van der Waals surface area contributed by atoms with E-state index in [0.717, 1.165) is 19.3 Å². The average molecular weight is 286 g/mol. The number of hydrogen-bond acceptors (Lipinski definition) is 2. The Balaban J connectivity index is 2.24. The standard InChI is InChI=1S/C12H13BrFNO/c13-10-7-11(14)9-12(8-10)16-6-4-2-1-3-5-15/h7-9H,1-4,6H2. The molecule has 0 saturated heterocycles. The molecule has 0 spiro atoms. The van der Waals surface area contributed by atoms with Gasteiger partial charge >= 0.3 is 0 Å². The van der Waals surface area contributed by atoms with E-state index in [-0.39, 0.29) is 5.82 Å². The lowest BCUT2D eigenvalue weighted by molar-refractivity contribution is 0.304. The third-order valence-electron chi connectivity index (χ3n) is 2.04. The normalized spacial score (nSPS) is 9.81. The molecule has 1 rings (SSSR count). The smallest absolute Gasteiger partial charge is 0.128 e. The molecule has 0 unspecified atom stereocenters. The Kier molecular flexibility index (Phi) is 5.87. The summed E-state index contributed by atoms with van der Waals surface area (Å²) < 4.78 is 19.0. The van der Waals surface area contributed by atoms with Gasteiger partial charge in [-0.2, -0.15) is 5.26 Å². The minimum absolute atomic E-state index is 0.311. The fourth-order valence-corrected chi connectivity index (χ4v) is 1.73. The molecule has 0 aliphatic heterocycles. The van der Waals surface area contributed by atoms with Crippen molar-refractivity contribution in [3.05, 3.63) is 28.5 Å². The number of ether oxygens (including phenoxy) is 1. The highest BCUT2D eigenvalue weighted by Gasteiger charge is 1.99. The Morgan fingerprint density at radius 3 is 2.75 bits per heavy atom. The van der Waals surface area contributed by atoms with Crippen molar-refractivity contribution in [2.45, 2.75) is 25.7 Å². The first-order valence-electron chi connectivity index (χ1n) is 5.18. The summed E-state index contributed by atoms with van der Waals surface area (Å²) >= 11 is 3.20. The summed E-state index contributed by atoms with van der Waals surface area (Å²) in [6, 6.07) is 6.58. The van der Waals surface area contributed by atoms with Crippen molar-refractivity contribution >= 4 is 15.9 Å². The van der Waals surface area contributed by atoms with Crippen LogP contribution in [0.5, 0.6) is 5.75 Å². The van der Waals surface area contributed by atoms with Crippen molar-refractivity contribution in [2.75, 3.05) is 6.61 Å². The average Bonchev–Trinajstić information content (AvgIpc) is 2.22. The Morgan fingerprint density at radius 2 is 2.06 bits per heavy atom. The summed E-state index contributed by atoms with van der Waals surface area (Å²) in [6.07, 6.45) is 3.33. The van der Waals surface area contributed by atoms with Crippen LogP contribution in [0.1, 0.15) is 25.7 Å². The van der Waals surface area contributed by atoms with E-state index in [1.54, 1.807) is 6.07 Å². The fourth-order valence-electron chi connectivity index (χ4n) is 1.28. The van der Waals surface area contributed by atoms with E-state index in [0.29, 0.717) is 23.2 Å². The van der Waals surface area contributed by atoms with E-state index in [2.05, 4.69) is 22.0 Å². The Morgan fingerprint density at radius 1 is 1.25 bits per heavy atom. The second-order valence-electron chi connectivity index (χ2n) is 3.42. The molecule has 16 heavy (non-hydrogen) atoms. The first-order chi connectivity index (χ1) is 7.72. The highest BCUT2D eigenvalue weighted by molar-refractivity contribution is 9.10. The molecule has 4 heteroatoms. The van der Waals surface area contributed by atoms with Crippen molar-refractivity contribution in [1.82, 2.24) is 0 Å². The molecule has 86 valence electrons. The van der Waals surface area contributed by atoms with Crippen LogP contribution < -0.4 is 4.74 Å². The minimum Gasteiger partial charge on any atom is -0.493 e. The first kappa shape index (κ1) is 13.0. The summed E-state index contributed by atoms with van der Waals surface area (Å²) in [7, 11) is 0. The molecule has 0 saturated carbocycles. The molecule has 1 aromatic carbocycles. The van der Waals surface area contributed by atoms with E-state index >= 15 is 0 Å². The van der Waals surface area contributed by atoms with Crippen LogP contribution in [-0.4, -0.2) is 6.61 Å². The molecule has 0 N–H and O–H groups in total. The largest absolute Gasteiger partial charge is 0.493 e. The predicted octanol–water partition coefficient (Wildman–Crippen LogP) is 4.05. The van der Waals surface area contributed by atoms with Crippen LogP contribution in [0, 0.1) is 17.1 Å². The van der Waals surface area contributed by atoms with Gasteiger partial charge in [-0.3, -0.25) is 0 Å². The van der Waals surface area contributed by atoms with Gasteiger partial charge in [0, 0.05) is 17.0 Å². The maximum Gasteiger partial charge on any atom is 0.128 e. The first-order valence-corrected chi connectivity index (χ1v) is 5.97. The summed E-state index contributed by atoms with van der Waals surface area (Å²) in [5, 5.41) is 8.33. The number of halogens is 2. The molecule has 1 aromatic rings. The number of nitrogens with zero attached hydrogens (tertiary/aromatic N) is 1. The van der Waals surface area contributed by atoms with E-state index in [4.69, 9.17) is 10.00 Å². The lowest BCUT2D eigenvalue weighted by Gasteiger charge is -2.06. The maximum atomic E-state index is 13.0. The second-order valence-corrected chi connectivity index (χ2v) is 4.34. The van der Waals surface area contributed by atoms with Crippen LogP contribution in [0.15, 0.2) is 22.7 Å². The zero-order valence-electron chi connectivity index (χ0n) is 8.88. The van der Waals surface area contributed by atoms with E-state index in [9.17, 15) is 4.39 Å². The summed E-state index contributed by atoms with van der Waals surface area (Å²) in [6.45, 7) is 0.557. The maximum absolute atomic E-state index is 13.0. The molecule has 0 radical (unpaired) electrons. The van der Waals surface area contributed by atoms with Gasteiger partial charge < -0.3 is 4.74 Å². The molecule has 0 aliphatic carbocycles. The number of hydrogen-bond donors (Lipinski definition) is 0. The lowest BCUT2D eigenvalue weighted by Crippen LogP contribution is -1.97. The van der Waals surface area contributed by atoms with Gasteiger partial charge in [-0.25, -0.2) is 4.39 Å². The number of rotatable bonds is 6. The van der Waals surface area contributed by atoms with Gasteiger partial charge in [0.2, 0.25) is 0 Å². The van der Waals surface area contributed by atoms with Gasteiger partial charge in [-0.05, 0) is 31.4 Å². The van der Waals surface area contributed by atoms with Crippen molar-refractivity contribution in [3.63, 3.8) is 0 Å². The second kappa shape index (κ2) is 7.24. The van der Waals surface area contributed by atoms with Crippen LogP contribution in [0.3, 0.4) is 0 Å². The SMILES string of the molecule is N#CCCCCCOc1cc(F)cc(Br)c1. The molecule has 0 aliphatic rings. The quantitative estimate of drug-likeness (QED) is 0.739. The minimum atomic E-state index is -0.311. The highest BCUT2D eigenvalue weighted by atomic mass is 79.9. The van der Waals surface area contributed by atoms with Crippen LogP contribution in [0.2, 0.25) is 0 Å². The number of benzene rings is 1. The molecule has 0 atom stereocenters. The van der Waals surface area contributed by atoms with E-state index < -0.39 is 0 Å². The molecular weight excluding hydrogens is 273 g/mol. The van der Waals surface area contributed by atoms with E-state index in [1.165, 1.54) is 12.1 Å². The monoisotopic (exact) mass is 285 g/mol. The number of nitriles is 1. The predicted molar refractivity (Wildman–Crippen MR) is 63.7 cm³/mol. The number of unbranched alkanes of at least 4 members (excludes halogenated alkanes) is 3. The van der Waals surface area contributed by atoms with Gasteiger partial charge in [0.1, 0.15) is 11.6 Å². The zero-order chi connectivity index (χ0) is 11.8. The summed E-state index contributed by atoms with van der Waals surface area (Å²) in [4.78, 5) is 0. The van der Waals surface area contributed by atoms with Crippen molar-refractivity contribution in [2.24, 2.45) is 0 Å². The highest BCUT2D eigenvalue weighted by Crippen LogP contribution is 2.20. The molecule has 0 amide bonds. The van der Waals surface area contributed by atoms with Gasteiger partial charge in [-0.15, -0.1) is 0 Å². The van der Waals surface area contributed by atoms with Crippen LogP contribution in [-0.2, 0) is 0 Å². The Labute approximate surface area is 103 Å². The van der Waals surface area contributed by atoms with Crippen molar-refractivity contribution in [1.29, 1.82) is 5.26 Å². The van der Waals surface area contributed by atoms with Crippen molar-refractivity contribution < 1.29 is 9.13 Å². The molecule has 2 nitrogen and oxygen atoms in total. The Bertz CT molecular complexity index is 356. The fraction of sp³-hybridized carbons (Fsp3) is 0.417. The van der Waals surface area contributed by atoms with Gasteiger partial charge in [0.15, 0.2) is 0 Å². The van der Waals surface area contributed by atoms with E-state index in [1.807, 2.05) is 0 Å². The summed E-state index contributed by atoms with van der Waals surface area (Å²) in [5.41, 5.74) is 0. The topological polar surface area (TPSA) is 33.0 Å². The third-order valence-corrected chi connectivity index (χ3v) is 2.50. The molecule has 0 fully saturated rings. The van der Waals surface area contributed by atoms with Crippen molar-refractivity contribution in [3.8, 4) is 11.8 Å². The third kappa shape index (κ3) is 5.13. The van der Waals surface area contributed by atoms with Crippen LogP contribution in [0.4, 0.5) is 4.39 Å². The van der Waals surface area contributed by atoms with Crippen LogP contribution in [0.25, 0.3) is 0 Å². The van der Waals surface area contributed by atoms with Gasteiger partial charge in [0.25, 0.3) is 0 Å².